The molecule has 0 bridgehead atoms. The van der Waals surface area contributed by atoms with Gasteiger partial charge in [0.1, 0.15) is 13.2 Å². The van der Waals surface area contributed by atoms with E-state index in [1.807, 2.05) is 0 Å². The van der Waals surface area contributed by atoms with Gasteiger partial charge in [-0.1, -0.05) is 198 Å². The summed E-state index contributed by atoms with van der Waals surface area (Å²) in [7, 11) is 0. The van der Waals surface area contributed by atoms with Crippen LogP contribution in [0.15, 0.2) is 36.5 Å². The van der Waals surface area contributed by atoms with Gasteiger partial charge < -0.3 is 14.2 Å². The van der Waals surface area contributed by atoms with Crippen LogP contribution >= 0.6 is 0 Å². The lowest BCUT2D eigenvalue weighted by Gasteiger charge is -2.18. The maximum absolute atomic E-state index is 12.8. The molecule has 0 aromatic carbocycles. The Hall–Kier alpha value is -2.37. The van der Waals surface area contributed by atoms with Gasteiger partial charge in [-0.25, -0.2) is 0 Å². The minimum absolute atomic E-state index is 0.0788. The van der Waals surface area contributed by atoms with Crippen molar-refractivity contribution in [1.82, 2.24) is 0 Å². The lowest BCUT2D eigenvalue weighted by atomic mass is 10.1. The Morgan fingerprint density at radius 2 is 0.541 bits per heavy atom. The molecular formula is C55H100O6. The first-order chi connectivity index (χ1) is 30.0. The van der Waals surface area contributed by atoms with Crippen LogP contribution in [-0.2, 0) is 28.6 Å². The Kier molecular flexibility index (Phi) is 48.3. The fourth-order valence-electron chi connectivity index (χ4n) is 7.54. The van der Waals surface area contributed by atoms with E-state index in [2.05, 4.69) is 57.2 Å². The van der Waals surface area contributed by atoms with Crippen LogP contribution in [-0.4, -0.2) is 37.2 Å². The molecule has 0 aliphatic rings. The quantitative estimate of drug-likeness (QED) is 0.0262. The molecule has 356 valence electrons. The zero-order chi connectivity index (χ0) is 44.4. The van der Waals surface area contributed by atoms with Crippen molar-refractivity contribution in [3.05, 3.63) is 36.5 Å². The van der Waals surface area contributed by atoms with Crippen LogP contribution in [0.3, 0.4) is 0 Å². The molecule has 61 heavy (non-hydrogen) atoms. The van der Waals surface area contributed by atoms with Gasteiger partial charge in [-0.2, -0.15) is 0 Å². The molecule has 0 spiro atoms. The summed E-state index contributed by atoms with van der Waals surface area (Å²) in [5.74, 6) is -0.891. The fraction of sp³-hybridized carbons (Fsp3) is 0.836. The van der Waals surface area contributed by atoms with Crippen LogP contribution in [0.5, 0.6) is 0 Å². The Bertz CT molecular complexity index is 1030. The average molecular weight is 857 g/mol. The standard InChI is InChI=1S/C55H100O6/c1-4-7-10-13-16-19-22-25-27-30-33-36-39-42-45-48-54(57)60-51-52(50-59-53(56)47-44-41-38-35-32-29-24-21-18-15-12-9-6-3)61-55(58)49-46-43-40-37-34-31-28-26-23-20-17-14-11-8-5-2/h19,21-22,24,26,28,52H,4-18,20,23,25,27,29-51H2,1-3H3/b22-19-,24-21-,28-26-/t52-/m0/s1. The van der Waals surface area contributed by atoms with E-state index in [0.29, 0.717) is 19.3 Å². The summed E-state index contributed by atoms with van der Waals surface area (Å²) < 4.78 is 16.8. The second-order valence-corrected chi connectivity index (χ2v) is 17.8. The molecule has 0 aliphatic carbocycles. The first-order valence-electron chi connectivity index (χ1n) is 26.5. The number of esters is 3. The third-order valence-electron chi connectivity index (χ3n) is 11.6. The van der Waals surface area contributed by atoms with E-state index in [0.717, 1.165) is 70.6 Å². The third-order valence-corrected chi connectivity index (χ3v) is 11.6. The van der Waals surface area contributed by atoms with Crippen molar-refractivity contribution >= 4 is 17.9 Å². The number of carbonyl (C=O) groups is 3. The third kappa shape index (κ3) is 48.5. The Morgan fingerprint density at radius 1 is 0.311 bits per heavy atom. The monoisotopic (exact) mass is 857 g/mol. The van der Waals surface area contributed by atoms with Gasteiger partial charge in [-0.3, -0.25) is 14.4 Å². The molecule has 0 saturated carbocycles. The van der Waals surface area contributed by atoms with Crippen LogP contribution in [0.1, 0.15) is 278 Å². The first-order valence-corrected chi connectivity index (χ1v) is 26.5. The van der Waals surface area contributed by atoms with E-state index in [-0.39, 0.29) is 31.1 Å². The molecule has 0 aromatic heterocycles. The highest BCUT2D eigenvalue weighted by Gasteiger charge is 2.19. The number of hydrogen-bond donors (Lipinski definition) is 0. The van der Waals surface area contributed by atoms with Gasteiger partial charge in [0.2, 0.25) is 0 Å². The molecular weight excluding hydrogens is 757 g/mol. The second-order valence-electron chi connectivity index (χ2n) is 17.8. The molecule has 0 N–H and O–H groups in total. The van der Waals surface area contributed by atoms with Crippen molar-refractivity contribution < 1.29 is 28.6 Å². The SMILES string of the molecule is CCCCCC/C=C\CCCCCCCCCC(=O)OC[C@H](COC(=O)CCCCCCC/C=C\CCCCCC)OC(=O)CCCCCCC/C=C\CCCCCCCC. The predicted molar refractivity (Wildman–Crippen MR) is 261 cm³/mol. The molecule has 0 aromatic rings. The van der Waals surface area contributed by atoms with Crippen molar-refractivity contribution in [1.29, 1.82) is 0 Å². The predicted octanol–water partition coefficient (Wildman–Crippen LogP) is 17.3. The van der Waals surface area contributed by atoms with Crippen molar-refractivity contribution in [2.24, 2.45) is 0 Å². The summed E-state index contributed by atoms with van der Waals surface area (Å²) in [5.41, 5.74) is 0. The second kappa shape index (κ2) is 50.3. The number of allylic oxidation sites excluding steroid dienone is 6. The van der Waals surface area contributed by atoms with Gasteiger partial charge in [0.05, 0.1) is 0 Å². The summed E-state index contributed by atoms with van der Waals surface area (Å²) in [6.07, 6.45) is 58.3. The summed E-state index contributed by atoms with van der Waals surface area (Å²) in [6.45, 7) is 6.61. The zero-order valence-corrected chi connectivity index (χ0v) is 40.7. The van der Waals surface area contributed by atoms with Gasteiger partial charge in [-0.05, 0) is 96.3 Å². The highest BCUT2D eigenvalue weighted by Crippen LogP contribution is 2.15. The van der Waals surface area contributed by atoms with Crippen molar-refractivity contribution in [3.63, 3.8) is 0 Å². The molecule has 6 nitrogen and oxygen atoms in total. The first kappa shape index (κ1) is 58.6. The Labute approximate surface area is 378 Å². The minimum Gasteiger partial charge on any atom is -0.462 e. The average Bonchev–Trinajstić information content (AvgIpc) is 3.26. The van der Waals surface area contributed by atoms with E-state index in [9.17, 15) is 14.4 Å². The summed E-state index contributed by atoms with van der Waals surface area (Å²) in [5, 5.41) is 0. The van der Waals surface area contributed by atoms with Crippen molar-refractivity contribution in [2.75, 3.05) is 13.2 Å². The Morgan fingerprint density at radius 3 is 0.836 bits per heavy atom. The molecule has 6 heteroatoms. The van der Waals surface area contributed by atoms with Crippen LogP contribution < -0.4 is 0 Å². The molecule has 0 fully saturated rings. The maximum atomic E-state index is 12.8. The topological polar surface area (TPSA) is 78.9 Å². The smallest absolute Gasteiger partial charge is 0.306 e. The molecule has 1 atom stereocenters. The molecule has 0 aliphatic heterocycles. The van der Waals surface area contributed by atoms with Crippen molar-refractivity contribution in [2.45, 2.75) is 284 Å². The van der Waals surface area contributed by atoms with Crippen LogP contribution in [0.2, 0.25) is 0 Å². The molecule has 0 heterocycles. The van der Waals surface area contributed by atoms with E-state index < -0.39 is 6.10 Å². The number of hydrogen-bond acceptors (Lipinski definition) is 6. The lowest BCUT2D eigenvalue weighted by Crippen LogP contribution is -2.30. The molecule has 0 amide bonds. The highest BCUT2D eigenvalue weighted by molar-refractivity contribution is 5.71. The molecule has 0 saturated heterocycles. The molecule has 0 unspecified atom stereocenters. The summed E-state index contributed by atoms with van der Waals surface area (Å²) in [6, 6.07) is 0. The van der Waals surface area contributed by atoms with Gasteiger partial charge in [-0.15, -0.1) is 0 Å². The summed E-state index contributed by atoms with van der Waals surface area (Å²) >= 11 is 0. The van der Waals surface area contributed by atoms with Crippen LogP contribution in [0, 0.1) is 0 Å². The van der Waals surface area contributed by atoms with E-state index in [4.69, 9.17) is 14.2 Å². The number of ether oxygens (including phenoxy) is 3. The number of unbranched alkanes of at least 4 members (excludes halogenated alkanes) is 31. The molecule has 0 radical (unpaired) electrons. The van der Waals surface area contributed by atoms with E-state index in [1.165, 1.54) is 167 Å². The van der Waals surface area contributed by atoms with Crippen molar-refractivity contribution in [3.8, 4) is 0 Å². The van der Waals surface area contributed by atoms with Crippen LogP contribution in [0.4, 0.5) is 0 Å². The van der Waals surface area contributed by atoms with Crippen LogP contribution in [0.25, 0.3) is 0 Å². The van der Waals surface area contributed by atoms with E-state index in [1.54, 1.807) is 0 Å². The van der Waals surface area contributed by atoms with Gasteiger partial charge >= 0.3 is 17.9 Å². The number of rotatable bonds is 48. The Balaban J connectivity index is 4.39. The zero-order valence-electron chi connectivity index (χ0n) is 40.7. The normalized spacial score (nSPS) is 12.2. The highest BCUT2D eigenvalue weighted by atomic mass is 16.6. The largest absolute Gasteiger partial charge is 0.462 e. The lowest BCUT2D eigenvalue weighted by molar-refractivity contribution is -0.167. The maximum Gasteiger partial charge on any atom is 0.306 e. The summed E-state index contributed by atoms with van der Waals surface area (Å²) in [4.78, 5) is 38.0. The fourth-order valence-corrected chi connectivity index (χ4v) is 7.54. The van der Waals surface area contributed by atoms with Gasteiger partial charge in [0.25, 0.3) is 0 Å². The van der Waals surface area contributed by atoms with Gasteiger partial charge in [0, 0.05) is 19.3 Å². The minimum atomic E-state index is -0.779. The molecule has 0 rings (SSSR count). The van der Waals surface area contributed by atoms with E-state index >= 15 is 0 Å². The number of carbonyl (C=O) groups excluding carboxylic acids is 3. The van der Waals surface area contributed by atoms with Gasteiger partial charge in [0.15, 0.2) is 6.10 Å².